The summed E-state index contributed by atoms with van der Waals surface area (Å²) < 4.78 is 9.85. The monoisotopic (exact) mass is 235 g/mol. The van der Waals surface area contributed by atoms with Crippen molar-refractivity contribution in [3.05, 3.63) is 39.6 Å². The molecule has 0 unspecified atom stereocenters. The summed E-state index contributed by atoms with van der Waals surface area (Å²) in [6.45, 7) is 1.66. The molecule has 88 valence electrons. The molecule has 0 bridgehead atoms. The fourth-order valence-corrected chi connectivity index (χ4v) is 1.66. The molecular weight excluding hydrogens is 226 g/mol. The third-order valence-corrected chi connectivity index (χ3v) is 2.39. The Kier molecular flexibility index (Phi) is 2.55. The Bertz CT molecular complexity index is 614. The molecule has 2 rings (SSSR count). The van der Waals surface area contributed by atoms with Crippen molar-refractivity contribution in [3.8, 4) is 0 Å². The minimum atomic E-state index is -0.550. The van der Waals surface area contributed by atoms with E-state index in [1.165, 1.54) is 19.2 Å². The van der Waals surface area contributed by atoms with Crippen LogP contribution in [0, 0.1) is 17.0 Å². The Labute approximate surface area is 95.9 Å². The van der Waals surface area contributed by atoms with E-state index in [4.69, 9.17) is 4.42 Å². The standard InChI is InChI=1S/C11H9NO5/c1-6-5-8-7(11(13)16-2)3-4-9(12(14)15)10(8)17-6/h3-5H,1-2H3. The normalized spacial score (nSPS) is 10.5. The van der Waals surface area contributed by atoms with Gasteiger partial charge in [-0.1, -0.05) is 0 Å². The zero-order valence-corrected chi connectivity index (χ0v) is 9.22. The average Bonchev–Trinajstić information content (AvgIpc) is 2.67. The van der Waals surface area contributed by atoms with E-state index in [1.807, 2.05) is 0 Å². The molecule has 17 heavy (non-hydrogen) atoms. The largest absolute Gasteiger partial charge is 0.465 e. The Morgan fingerprint density at radius 1 is 1.47 bits per heavy atom. The molecule has 0 N–H and O–H groups in total. The van der Waals surface area contributed by atoms with Crippen LogP contribution in [0.4, 0.5) is 5.69 Å². The van der Waals surface area contributed by atoms with E-state index in [9.17, 15) is 14.9 Å². The molecule has 0 aliphatic rings. The zero-order chi connectivity index (χ0) is 12.6. The highest BCUT2D eigenvalue weighted by molar-refractivity contribution is 6.05. The van der Waals surface area contributed by atoms with Gasteiger partial charge >= 0.3 is 11.7 Å². The van der Waals surface area contributed by atoms with Crippen LogP contribution in [0.1, 0.15) is 16.1 Å². The van der Waals surface area contributed by atoms with Crippen LogP contribution in [0.2, 0.25) is 0 Å². The van der Waals surface area contributed by atoms with Crippen LogP contribution in [0.3, 0.4) is 0 Å². The molecule has 0 aliphatic carbocycles. The van der Waals surface area contributed by atoms with Crippen LogP contribution in [-0.4, -0.2) is 18.0 Å². The van der Waals surface area contributed by atoms with Crippen LogP contribution in [0.25, 0.3) is 11.0 Å². The number of carbonyl (C=O) groups is 1. The highest BCUT2D eigenvalue weighted by Crippen LogP contribution is 2.31. The van der Waals surface area contributed by atoms with Crippen molar-refractivity contribution < 1.29 is 18.9 Å². The molecular formula is C11H9NO5. The number of non-ortho nitro benzene ring substituents is 1. The molecule has 0 radical (unpaired) electrons. The van der Waals surface area contributed by atoms with E-state index in [0.717, 1.165) is 0 Å². The maximum Gasteiger partial charge on any atom is 0.338 e. The minimum absolute atomic E-state index is 0.0930. The molecule has 6 heteroatoms. The van der Waals surface area contributed by atoms with Gasteiger partial charge in [-0.2, -0.15) is 0 Å². The first kappa shape index (κ1) is 11.1. The first-order chi connectivity index (χ1) is 8.04. The molecule has 0 saturated heterocycles. The molecule has 0 atom stereocenters. The fraction of sp³-hybridized carbons (Fsp3) is 0.182. The van der Waals surface area contributed by atoms with Crippen molar-refractivity contribution in [2.45, 2.75) is 6.92 Å². The van der Waals surface area contributed by atoms with E-state index in [-0.39, 0.29) is 16.8 Å². The number of esters is 1. The number of benzene rings is 1. The first-order valence-electron chi connectivity index (χ1n) is 4.80. The van der Waals surface area contributed by atoms with Gasteiger partial charge < -0.3 is 9.15 Å². The number of nitrogens with zero attached hydrogens (tertiary/aromatic N) is 1. The lowest BCUT2D eigenvalue weighted by Crippen LogP contribution is -2.02. The number of carbonyl (C=O) groups excluding carboxylic acids is 1. The van der Waals surface area contributed by atoms with Gasteiger partial charge in [0.15, 0.2) is 0 Å². The summed E-state index contributed by atoms with van der Waals surface area (Å²) in [5.74, 6) is -0.0508. The highest BCUT2D eigenvalue weighted by atomic mass is 16.6. The maximum absolute atomic E-state index is 11.5. The van der Waals surface area contributed by atoms with Gasteiger partial charge in [-0.15, -0.1) is 0 Å². The molecule has 0 fully saturated rings. The lowest BCUT2D eigenvalue weighted by Gasteiger charge is -2.00. The van der Waals surface area contributed by atoms with Crippen LogP contribution >= 0.6 is 0 Å². The molecule has 6 nitrogen and oxygen atoms in total. The number of hydrogen-bond acceptors (Lipinski definition) is 5. The molecule has 0 amide bonds. The van der Waals surface area contributed by atoms with Gasteiger partial charge in [0.2, 0.25) is 5.58 Å². The van der Waals surface area contributed by atoms with Gasteiger partial charge in [0.05, 0.1) is 17.6 Å². The number of ether oxygens (including phenoxy) is 1. The number of rotatable bonds is 2. The predicted octanol–water partition coefficient (Wildman–Crippen LogP) is 2.44. The number of hydrogen-bond donors (Lipinski definition) is 0. The second-order valence-corrected chi connectivity index (χ2v) is 3.48. The topological polar surface area (TPSA) is 82.6 Å². The summed E-state index contributed by atoms with van der Waals surface area (Å²) in [7, 11) is 1.25. The smallest absolute Gasteiger partial charge is 0.338 e. The number of methoxy groups -OCH3 is 1. The summed E-state index contributed by atoms with van der Waals surface area (Å²) >= 11 is 0. The maximum atomic E-state index is 11.5. The van der Waals surface area contributed by atoms with Gasteiger partial charge in [-0.25, -0.2) is 4.79 Å². The first-order valence-corrected chi connectivity index (χ1v) is 4.80. The SMILES string of the molecule is COC(=O)c1ccc([N+](=O)[O-])c2oc(C)cc12. The fourth-order valence-electron chi connectivity index (χ4n) is 1.66. The second kappa shape index (κ2) is 3.89. The summed E-state index contributed by atoms with van der Waals surface area (Å²) in [6.07, 6.45) is 0. The van der Waals surface area contributed by atoms with Gasteiger partial charge in [0.1, 0.15) is 5.76 Å². The van der Waals surface area contributed by atoms with E-state index in [2.05, 4.69) is 4.74 Å². The van der Waals surface area contributed by atoms with Gasteiger partial charge in [0, 0.05) is 11.5 Å². The second-order valence-electron chi connectivity index (χ2n) is 3.48. The molecule has 0 spiro atoms. The van der Waals surface area contributed by atoms with Gasteiger partial charge in [-0.3, -0.25) is 10.1 Å². The Morgan fingerprint density at radius 2 is 2.18 bits per heavy atom. The Balaban J connectivity index is 2.79. The summed E-state index contributed by atoms with van der Waals surface area (Å²) in [5, 5.41) is 11.2. The highest BCUT2D eigenvalue weighted by Gasteiger charge is 2.21. The molecule has 1 aromatic heterocycles. The molecule has 1 aromatic carbocycles. The lowest BCUT2D eigenvalue weighted by molar-refractivity contribution is -0.383. The number of nitro benzene ring substituents is 1. The van der Waals surface area contributed by atoms with E-state index in [0.29, 0.717) is 11.1 Å². The van der Waals surface area contributed by atoms with E-state index < -0.39 is 10.9 Å². The molecule has 1 heterocycles. The predicted molar refractivity (Wildman–Crippen MR) is 58.9 cm³/mol. The number of nitro groups is 1. The summed E-state index contributed by atoms with van der Waals surface area (Å²) in [5.41, 5.74) is 0.182. The van der Waals surface area contributed by atoms with Crippen molar-refractivity contribution >= 4 is 22.6 Å². The number of aryl methyl sites for hydroxylation is 1. The van der Waals surface area contributed by atoms with Gasteiger partial charge in [-0.05, 0) is 19.1 Å². The Morgan fingerprint density at radius 3 is 2.76 bits per heavy atom. The Hall–Kier alpha value is -2.37. The van der Waals surface area contributed by atoms with E-state index >= 15 is 0 Å². The van der Waals surface area contributed by atoms with Gasteiger partial charge in [0.25, 0.3) is 0 Å². The third-order valence-electron chi connectivity index (χ3n) is 2.39. The summed E-state index contributed by atoms with van der Waals surface area (Å²) in [6, 6.07) is 4.17. The number of furan rings is 1. The van der Waals surface area contributed by atoms with Crippen molar-refractivity contribution in [3.63, 3.8) is 0 Å². The lowest BCUT2D eigenvalue weighted by atomic mass is 10.1. The van der Waals surface area contributed by atoms with Crippen molar-refractivity contribution in [2.75, 3.05) is 7.11 Å². The summed E-state index contributed by atoms with van der Waals surface area (Å²) in [4.78, 5) is 21.7. The van der Waals surface area contributed by atoms with Crippen molar-refractivity contribution in [1.82, 2.24) is 0 Å². The quantitative estimate of drug-likeness (QED) is 0.453. The average molecular weight is 235 g/mol. The van der Waals surface area contributed by atoms with E-state index in [1.54, 1.807) is 13.0 Å². The minimum Gasteiger partial charge on any atom is -0.465 e. The van der Waals surface area contributed by atoms with Crippen molar-refractivity contribution in [2.24, 2.45) is 0 Å². The van der Waals surface area contributed by atoms with Crippen LogP contribution in [0.5, 0.6) is 0 Å². The molecule has 0 saturated carbocycles. The van der Waals surface area contributed by atoms with Crippen LogP contribution in [-0.2, 0) is 4.74 Å². The van der Waals surface area contributed by atoms with Crippen LogP contribution in [0.15, 0.2) is 22.6 Å². The molecule has 0 aliphatic heterocycles. The zero-order valence-electron chi connectivity index (χ0n) is 9.22. The number of fused-ring (bicyclic) bond motifs is 1. The van der Waals surface area contributed by atoms with Crippen molar-refractivity contribution in [1.29, 1.82) is 0 Å². The molecule has 2 aromatic rings. The van der Waals surface area contributed by atoms with Crippen LogP contribution < -0.4 is 0 Å². The third kappa shape index (κ3) is 1.73.